The van der Waals surface area contributed by atoms with Gasteiger partial charge in [0, 0.05) is 5.02 Å². The standard InChI is InChI=1S/C15H12BrCl2N/c16-15-12(18)2-1-3-14(15)19-13-7-4-9-8-10(17)5-6-11(9)13/h1-3,5-6,8,13,19H,4,7H2. The monoisotopic (exact) mass is 355 g/mol. The van der Waals surface area contributed by atoms with Gasteiger partial charge in [-0.2, -0.15) is 0 Å². The number of nitrogens with one attached hydrogen (secondary N) is 1. The van der Waals surface area contributed by atoms with Gasteiger partial charge in [0.15, 0.2) is 0 Å². The molecule has 1 unspecified atom stereocenters. The summed E-state index contributed by atoms with van der Waals surface area (Å²) in [7, 11) is 0. The first-order valence-electron chi connectivity index (χ1n) is 6.14. The Bertz CT molecular complexity index is 628. The lowest BCUT2D eigenvalue weighted by molar-refractivity contribution is 0.761. The summed E-state index contributed by atoms with van der Waals surface area (Å²) < 4.78 is 0.916. The molecule has 4 heteroatoms. The van der Waals surface area contributed by atoms with Crippen molar-refractivity contribution in [3.8, 4) is 0 Å². The molecule has 0 spiro atoms. The van der Waals surface area contributed by atoms with E-state index in [1.807, 2.05) is 24.3 Å². The zero-order valence-electron chi connectivity index (χ0n) is 10.1. The van der Waals surface area contributed by atoms with E-state index in [1.165, 1.54) is 11.1 Å². The Morgan fingerprint density at radius 3 is 2.84 bits per heavy atom. The molecule has 0 radical (unpaired) electrons. The van der Waals surface area contributed by atoms with Crippen molar-refractivity contribution in [1.29, 1.82) is 0 Å². The van der Waals surface area contributed by atoms with Gasteiger partial charge in [-0.25, -0.2) is 0 Å². The highest BCUT2D eigenvalue weighted by molar-refractivity contribution is 9.10. The number of benzene rings is 2. The van der Waals surface area contributed by atoms with Gasteiger partial charge in [0.2, 0.25) is 0 Å². The molecule has 0 amide bonds. The van der Waals surface area contributed by atoms with E-state index >= 15 is 0 Å². The van der Waals surface area contributed by atoms with E-state index in [0.29, 0.717) is 6.04 Å². The molecule has 3 rings (SSSR count). The molecule has 0 aromatic heterocycles. The highest BCUT2D eigenvalue weighted by Crippen LogP contribution is 2.38. The van der Waals surface area contributed by atoms with E-state index in [0.717, 1.165) is 33.0 Å². The summed E-state index contributed by atoms with van der Waals surface area (Å²) in [6.07, 6.45) is 2.14. The molecule has 1 atom stereocenters. The predicted octanol–water partition coefficient (Wildman–Crippen LogP) is 5.86. The van der Waals surface area contributed by atoms with Crippen LogP contribution in [0, 0.1) is 0 Å². The van der Waals surface area contributed by atoms with Gasteiger partial charge in [-0.3, -0.25) is 0 Å². The molecular formula is C15H12BrCl2N. The van der Waals surface area contributed by atoms with Gasteiger partial charge in [-0.1, -0.05) is 35.3 Å². The van der Waals surface area contributed by atoms with Crippen LogP contribution in [-0.4, -0.2) is 0 Å². The summed E-state index contributed by atoms with van der Waals surface area (Å²) in [5.74, 6) is 0. The molecule has 19 heavy (non-hydrogen) atoms. The fourth-order valence-electron chi connectivity index (χ4n) is 2.54. The summed E-state index contributed by atoms with van der Waals surface area (Å²) in [6, 6.07) is 12.3. The highest BCUT2D eigenvalue weighted by atomic mass is 79.9. The number of anilines is 1. The van der Waals surface area contributed by atoms with Crippen molar-refractivity contribution >= 4 is 44.8 Å². The molecule has 1 aliphatic carbocycles. The van der Waals surface area contributed by atoms with Gasteiger partial charge >= 0.3 is 0 Å². The number of fused-ring (bicyclic) bond motifs is 1. The molecule has 0 bridgehead atoms. The van der Waals surface area contributed by atoms with Crippen molar-refractivity contribution in [3.63, 3.8) is 0 Å². The second-order valence-electron chi connectivity index (χ2n) is 4.68. The van der Waals surface area contributed by atoms with E-state index in [9.17, 15) is 0 Å². The third-order valence-electron chi connectivity index (χ3n) is 3.46. The molecule has 0 saturated heterocycles. The molecule has 0 fully saturated rings. The van der Waals surface area contributed by atoms with Gasteiger partial charge in [0.1, 0.15) is 0 Å². The van der Waals surface area contributed by atoms with Crippen LogP contribution in [0.1, 0.15) is 23.6 Å². The lowest BCUT2D eigenvalue weighted by Crippen LogP contribution is -2.07. The fourth-order valence-corrected chi connectivity index (χ4v) is 3.29. The Hall–Kier alpha value is -0.700. The summed E-state index contributed by atoms with van der Waals surface area (Å²) >= 11 is 15.7. The number of rotatable bonds is 2. The summed E-state index contributed by atoms with van der Waals surface area (Å²) in [5.41, 5.74) is 3.69. The fraction of sp³-hybridized carbons (Fsp3) is 0.200. The Morgan fingerprint density at radius 1 is 1.16 bits per heavy atom. The molecule has 0 aliphatic heterocycles. The summed E-state index contributed by atoms with van der Waals surface area (Å²) in [4.78, 5) is 0. The molecule has 1 aliphatic rings. The van der Waals surface area contributed by atoms with Gasteiger partial charge < -0.3 is 5.32 Å². The van der Waals surface area contributed by atoms with Gasteiger partial charge in [-0.05, 0) is 64.2 Å². The van der Waals surface area contributed by atoms with E-state index in [2.05, 4.69) is 33.4 Å². The second kappa shape index (κ2) is 5.35. The third kappa shape index (κ3) is 2.62. The summed E-state index contributed by atoms with van der Waals surface area (Å²) in [5, 5.41) is 5.08. The van der Waals surface area contributed by atoms with Crippen molar-refractivity contribution < 1.29 is 0 Å². The van der Waals surface area contributed by atoms with Crippen LogP contribution >= 0.6 is 39.1 Å². The maximum Gasteiger partial charge on any atom is 0.0593 e. The predicted molar refractivity (Wildman–Crippen MR) is 85.3 cm³/mol. The minimum Gasteiger partial charge on any atom is -0.377 e. The number of aryl methyl sites for hydroxylation is 1. The Morgan fingerprint density at radius 2 is 2.00 bits per heavy atom. The molecule has 1 N–H and O–H groups in total. The van der Waals surface area contributed by atoms with Crippen LogP contribution in [0.5, 0.6) is 0 Å². The van der Waals surface area contributed by atoms with Crippen molar-refractivity contribution in [3.05, 3.63) is 62.0 Å². The van der Waals surface area contributed by atoms with Crippen LogP contribution in [0.2, 0.25) is 10.0 Å². The molecular weight excluding hydrogens is 345 g/mol. The summed E-state index contributed by atoms with van der Waals surface area (Å²) in [6.45, 7) is 0. The van der Waals surface area contributed by atoms with Crippen LogP contribution in [0.15, 0.2) is 40.9 Å². The Kier molecular flexibility index (Phi) is 3.75. The van der Waals surface area contributed by atoms with Crippen molar-refractivity contribution in [2.75, 3.05) is 5.32 Å². The third-order valence-corrected chi connectivity index (χ3v) is 5.10. The minimum absolute atomic E-state index is 0.321. The largest absolute Gasteiger partial charge is 0.377 e. The van der Waals surface area contributed by atoms with Crippen molar-refractivity contribution in [2.24, 2.45) is 0 Å². The van der Waals surface area contributed by atoms with E-state index in [1.54, 1.807) is 0 Å². The van der Waals surface area contributed by atoms with E-state index < -0.39 is 0 Å². The molecule has 0 saturated carbocycles. The first-order valence-corrected chi connectivity index (χ1v) is 7.69. The molecule has 0 heterocycles. The number of halogens is 3. The molecule has 1 nitrogen and oxygen atoms in total. The van der Waals surface area contributed by atoms with Crippen LogP contribution in [-0.2, 0) is 6.42 Å². The second-order valence-corrected chi connectivity index (χ2v) is 6.32. The maximum atomic E-state index is 6.12. The van der Waals surface area contributed by atoms with Crippen LogP contribution in [0.25, 0.3) is 0 Å². The van der Waals surface area contributed by atoms with E-state index in [-0.39, 0.29) is 0 Å². The average molecular weight is 357 g/mol. The average Bonchev–Trinajstić information content (AvgIpc) is 2.77. The van der Waals surface area contributed by atoms with Crippen LogP contribution in [0.4, 0.5) is 5.69 Å². The van der Waals surface area contributed by atoms with Gasteiger partial charge in [0.05, 0.1) is 21.2 Å². The lowest BCUT2D eigenvalue weighted by Gasteiger charge is -2.17. The highest BCUT2D eigenvalue weighted by Gasteiger charge is 2.23. The quantitative estimate of drug-likeness (QED) is 0.711. The molecule has 2 aromatic rings. The maximum absolute atomic E-state index is 6.12. The van der Waals surface area contributed by atoms with E-state index in [4.69, 9.17) is 23.2 Å². The lowest BCUT2D eigenvalue weighted by atomic mass is 10.1. The first-order chi connectivity index (χ1) is 9.15. The first kappa shape index (κ1) is 13.3. The number of hydrogen-bond donors (Lipinski definition) is 1. The topological polar surface area (TPSA) is 12.0 Å². The van der Waals surface area contributed by atoms with Gasteiger partial charge in [-0.15, -0.1) is 0 Å². The normalized spacial score (nSPS) is 17.3. The smallest absolute Gasteiger partial charge is 0.0593 e. The van der Waals surface area contributed by atoms with Gasteiger partial charge in [0.25, 0.3) is 0 Å². The Balaban J connectivity index is 1.89. The SMILES string of the molecule is Clc1ccc2c(c1)CCC2Nc1cccc(Cl)c1Br. The number of hydrogen-bond acceptors (Lipinski definition) is 1. The zero-order chi connectivity index (χ0) is 13.4. The zero-order valence-corrected chi connectivity index (χ0v) is 13.2. The van der Waals surface area contributed by atoms with Crippen molar-refractivity contribution in [2.45, 2.75) is 18.9 Å². The minimum atomic E-state index is 0.321. The van der Waals surface area contributed by atoms with Crippen LogP contribution < -0.4 is 5.32 Å². The van der Waals surface area contributed by atoms with Crippen molar-refractivity contribution in [1.82, 2.24) is 0 Å². The van der Waals surface area contributed by atoms with Crippen LogP contribution in [0.3, 0.4) is 0 Å². The molecule has 2 aromatic carbocycles. The Labute approximate surface area is 131 Å². The molecule has 98 valence electrons.